The summed E-state index contributed by atoms with van der Waals surface area (Å²) in [6.45, 7) is 1.38. The number of aromatic nitrogens is 4. The smallest absolute Gasteiger partial charge is 0.260 e. The zero-order valence-electron chi connectivity index (χ0n) is 8.94. The molecule has 0 aliphatic carbocycles. The molecule has 7 nitrogen and oxygen atoms in total. The van der Waals surface area contributed by atoms with Crippen LogP contribution in [0.1, 0.15) is 5.82 Å². The standard InChI is InChI=1S/C9H11N5O2S/c15-17(16,9-1-2-11-12-9)14-6-5-13-4-3-10-8(13)7-14/h1-4H,5-7H2,(H,11,12). The molecule has 0 saturated heterocycles. The third-order valence-corrected chi connectivity index (χ3v) is 4.58. The highest BCUT2D eigenvalue weighted by Crippen LogP contribution is 2.18. The predicted molar refractivity (Wildman–Crippen MR) is 58.4 cm³/mol. The zero-order valence-corrected chi connectivity index (χ0v) is 9.76. The van der Waals surface area contributed by atoms with Crippen LogP contribution in [0.3, 0.4) is 0 Å². The fourth-order valence-electron chi connectivity index (χ4n) is 1.88. The Morgan fingerprint density at radius 1 is 1.29 bits per heavy atom. The minimum absolute atomic E-state index is 0.123. The maximum Gasteiger partial charge on any atom is 0.260 e. The van der Waals surface area contributed by atoms with E-state index < -0.39 is 10.0 Å². The van der Waals surface area contributed by atoms with E-state index in [0.717, 1.165) is 5.82 Å². The van der Waals surface area contributed by atoms with E-state index in [2.05, 4.69) is 15.2 Å². The van der Waals surface area contributed by atoms with Gasteiger partial charge in [0.15, 0.2) is 5.03 Å². The summed E-state index contributed by atoms with van der Waals surface area (Å²) >= 11 is 0. The molecule has 90 valence electrons. The number of rotatable bonds is 2. The van der Waals surface area contributed by atoms with Gasteiger partial charge in [-0.3, -0.25) is 5.10 Å². The van der Waals surface area contributed by atoms with E-state index >= 15 is 0 Å². The summed E-state index contributed by atoms with van der Waals surface area (Å²) in [6, 6.07) is 1.45. The summed E-state index contributed by atoms with van der Waals surface area (Å²) in [5, 5.41) is 6.27. The molecule has 0 radical (unpaired) electrons. The largest absolute Gasteiger partial charge is 0.333 e. The van der Waals surface area contributed by atoms with Crippen molar-refractivity contribution in [1.82, 2.24) is 24.1 Å². The third kappa shape index (κ3) is 1.65. The first-order chi connectivity index (χ1) is 8.18. The van der Waals surface area contributed by atoms with Gasteiger partial charge in [0.2, 0.25) is 0 Å². The molecule has 0 spiro atoms. The Bertz CT molecular complexity index is 616. The minimum Gasteiger partial charge on any atom is -0.333 e. The summed E-state index contributed by atoms with van der Waals surface area (Å²) in [6.07, 6.45) is 4.97. The second-order valence-corrected chi connectivity index (χ2v) is 5.70. The molecule has 2 aromatic rings. The van der Waals surface area contributed by atoms with Gasteiger partial charge in [-0.15, -0.1) is 0 Å². The Balaban J connectivity index is 1.93. The number of fused-ring (bicyclic) bond motifs is 1. The SMILES string of the molecule is O=S(=O)(c1ccn[nH]1)N1CCn2ccnc2C1. The molecular weight excluding hydrogens is 242 g/mol. The molecule has 1 aliphatic heterocycles. The van der Waals surface area contributed by atoms with Crippen LogP contribution in [0.15, 0.2) is 29.7 Å². The van der Waals surface area contributed by atoms with Crippen LogP contribution in [0.4, 0.5) is 0 Å². The third-order valence-electron chi connectivity index (χ3n) is 2.80. The first-order valence-electron chi connectivity index (χ1n) is 5.17. The van der Waals surface area contributed by atoms with Crippen molar-refractivity contribution in [2.75, 3.05) is 6.54 Å². The van der Waals surface area contributed by atoms with E-state index in [0.29, 0.717) is 19.6 Å². The van der Waals surface area contributed by atoms with E-state index in [-0.39, 0.29) is 5.03 Å². The van der Waals surface area contributed by atoms with Gasteiger partial charge in [-0.05, 0) is 6.07 Å². The maximum absolute atomic E-state index is 12.2. The molecule has 0 saturated carbocycles. The lowest BCUT2D eigenvalue weighted by molar-refractivity contribution is 0.334. The number of hydrogen-bond acceptors (Lipinski definition) is 4. The van der Waals surface area contributed by atoms with Gasteiger partial charge in [0, 0.05) is 25.5 Å². The lowest BCUT2D eigenvalue weighted by atomic mass is 10.4. The first kappa shape index (κ1) is 10.5. The number of hydrogen-bond donors (Lipinski definition) is 1. The summed E-state index contributed by atoms with van der Waals surface area (Å²) in [5.41, 5.74) is 0. The van der Waals surface area contributed by atoms with Crippen molar-refractivity contribution in [3.63, 3.8) is 0 Å². The van der Waals surface area contributed by atoms with Crippen LogP contribution in [0, 0.1) is 0 Å². The van der Waals surface area contributed by atoms with Crippen LogP contribution in [0.25, 0.3) is 0 Å². The van der Waals surface area contributed by atoms with Crippen LogP contribution in [0.5, 0.6) is 0 Å². The van der Waals surface area contributed by atoms with Crippen molar-refractivity contribution in [3.05, 3.63) is 30.5 Å². The Kier molecular flexibility index (Phi) is 2.26. The molecule has 1 aliphatic rings. The van der Waals surface area contributed by atoms with Gasteiger partial charge >= 0.3 is 0 Å². The molecule has 0 bridgehead atoms. The van der Waals surface area contributed by atoms with Crippen LogP contribution in [0.2, 0.25) is 0 Å². The fourth-order valence-corrected chi connectivity index (χ4v) is 3.17. The molecular formula is C9H11N5O2S. The molecule has 3 heterocycles. The van der Waals surface area contributed by atoms with E-state index in [1.54, 1.807) is 6.20 Å². The molecule has 0 atom stereocenters. The highest BCUT2D eigenvalue weighted by Gasteiger charge is 2.29. The van der Waals surface area contributed by atoms with Gasteiger partial charge in [-0.25, -0.2) is 13.4 Å². The number of sulfonamides is 1. The lowest BCUT2D eigenvalue weighted by Gasteiger charge is -2.26. The Hall–Kier alpha value is -1.67. The average molecular weight is 253 g/mol. The Morgan fingerprint density at radius 2 is 2.18 bits per heavy atom. The Labute approximate surface area is 98.1 Å². The first-order valence-corrected chi connectivity index (χ1v) is 6.61. The van der Waals surface area contributed by atoms with Crippen LogP contribution < -0.4 is 0 Å². The Morgan fingerprint density at radius 3 is 2.94 bits per heavy atom. The van der Waals surface area contributed by atoms with Gasteiger partial charge < -0.3 is 4.57 Å². The minimum atomic E-state index is -3.48. The average Bonchev–Trinajstić information content (AvgIpc) is 2.99. The number of imidazole rings is 1. The molecule has 0 fully saturated rings. The predicted octanol–water partition coefficient (Wildman–Crippen LogP) is -0.189. The second kappa shape index (κ2) is 3.67. The normalized spacial score (nSPS) is 16.9. The summed E-state index contributed by atoms with van der Waals surface area (Å²) in [7, 11) is -3.48. The van der Waals surface area contributed by atoms with Crippen LogP contribution in [-0.2, 0) is 23.1 Å². The van der Waals surface area contributed by atoms with E-state index in [9.17, 15) is 8.42 Å². The number of aromatic amines is 1. The number of nitrogens with zero attached hydrogens (tertiary/aromatic N) is 4. The molecule has 0 unspecified atom stereocenters. The van der Waals surface area contributed by atoms with E-state index in [4.69, 9.17) is 0 Å². The molecule has 8 heteroatoms. The molecule has 0 aromatic carbocycles. The highest BCUT2D eigenvalue weighted by molar-refractivity contribution is 7.89. The van der Waals surface area contributed by atoms with Gasteiger partial charge in [-0.1, -0.05) is 0 Å². The van der Waals surface area contributed by atoms with E-state index in [1.165, 1.54) is 16.6 Å². The fraction of sp³-hybridized carbons (Fsp3) is 0.333. The molecule has 2 aromatic heterocycles. The molecule has 0 amide bonds. The van der Waals surface area contributed by atoms with Crippen molar-refractivity contribution in [2.45, 2.75) is 18.1 Å². The summed E-state index contributed by atoms with van der Waals surface area (Å²) in [5.74, 6) is 0.763. The topological polar surface area (TPSA) is 83.9 Å². The van der Waals surface area contributed by atoms with Crippen molar-refractivity contribution < 1.29 is 8.42 Å². The van der Waals surface area contributed by atoms with Gasteiger partial charge in [0.05, 0.1) is 12.7 Å². The zero-order chi connectivity index (χ0) is 11.9. The highest BCUT2D eigenvalue weighted by atomic mass is 32.2. The maximum atomic E-state index is 12.2. The quantitative estimate of drug-likeness (QED) is 0.804. The van der Waals surface area contributed by atoms with Gasteiger partial charge in [0.25, 0.3) is 10.0 Å². The molecule has 3 rings (SSSR count). The number of nitrogens with one attached hydrogen (secondary N) is 1. The van der Waals surface area contributed by atoms with Crippen LogP contribution in [-0.4, -0.2) is 39.0 Å². The van der Waals surface area contributed by atoms with Crippen molar-refractivity contribution in [3.8, 4) is 0 Å². The van der Waals surface area contributed by atoms with Crippen molar-refractivity contribution in [2.24, 2.45) is 0 Å². The number of H-pyrrole nitrogens is 1. The monoisotopic (exact) mass is 253 g/mol. The van der Waals surface area contributed by atoms with E-state index in [1.807, 2.05) is 10.8 Å². The van der Waals surface area contributed by atoms with Crippen molar-refractivity contribution in [1.29, 1.82) is 0 Å². The van der Waals surface area contributed by atoms with Crippen LogP contribution >= 0.6 is 0 Å². The lowest BCUT2D eigenvalue weighted by Crippen LogP contribution is -2.38. The van der Waals surface area contributed by atoms with Crippen molar-refractivity contribution >= 4 is 10.0 Å². The summed E-state index contributed by atoms with van der Waals surface area (Å²) < 4.78 is 27.8. The second-order valence-electron chi connectivity index (χ2n) is 3.80. The summed E-state index contributed by atoms with van der Waals surface area (Å²) in [4.78, 5) is 4.13. The van der Waals surface area contributed by atoms with Gasteiger partial charge in [-0.2, -0.15) is 9.40 Å². The van der Waals surface area contributed by atoms with Gasteiger partial charge in [0.1, 0.15) is 5.82 Å². The molecule has 1 N–H and O–H groups in total. The molecule has 17 heavy (non-hydrogen) atoms.